The average Bonchev–Trinajstić information content (AvgIpc) is 3.55. The van der Waals surface area contributed by atoms with E-state index in [1.54, 1.807) is 0 Å². The lowest BCUT2D eigenvalue weighted by Gasteiger charge is -2.35. The first-order valence-corrected chi connectivity index (χ1v) is 10.5. The fraction of sp³-hybridized carbons (Fsp3) is 0.375. The zero-order valence-electron chi connectivity index (χ0n) is 16.0. The standard InChI is InChI=1S/C24H24N4/c1-2-12-25-21(3-1)17-6-4-16(5-7-17)15-28-19-10-11-23(28)20-14-26-24(18-8-9-18)27-22(20)13-19/h1-7,12,14,18-19,23H,8-11,13,15H2. The van der Waals surface area contributed by atoms with E-state index >= 15 is 0 Å². The molecule has 28 heavy (non-hydrogen) atoms. The number of rotatable bonds is 4. The maximum Gasteiger partial charge on any atom is 0.131 e. The van der Waals surface area contributed by atoms with Crippen LogP contribution in [0.15, 0.2) is 54.9 Å². The lowest BCUT2D eigenvalue weighted by atomic mass is 9.98. The van der Waals surface area contributed by atoms with E-state index in [1.165, 1.54) is 48.1 Å². The van der Waals surface area contributed by atoms with Gasteiger partial charge in [-0.15, -0.1) is 0 Å². The topological polar surface area (TPSA) is 41.9 Å². The summed E-state index contributed by atoms with van der Waals surface area (Å²) in [6, 6.07) is 16.1. The maximum absolute atomic E-state index is 4.96. The van der Waals surface area contributed by atoms with Crippen molar-refractivity contribution in [2.45, 2.75) is 56.7 Å². The molecule has 2 atom stereocenters. The van der Waals surface area contributed by atoms with Gasteiger partial charge < -0.3 is 0 Å². The molecule has 2 unspecified atom stereocenters. The molecule has 0 spiro atoms. The van der Waals surface area contributed by atoms with Gasteiger partial charge in [-0.25, -0.2) is 9.97 Å². The molecule has 1 saturated carbocycles. The van der Waals surface area contributed by atoms with Crippen LogP contribution in [0.5, 0.6) is 0 Å². The van der Waals surface area contributed by atoms with Gasteiger partial charge in [0, 0.05) is 54.5 Å². The van der Waals surface area contributed by atoms with E-state index < -0.39 is 0 Å². The van der Waals surface area contributed by atoms with Crippen molar-refractivity contribution in [1.29, 1.82) is 0 Å². The van der Waals surface area contributed by atoms with Crippen molar-refractivity contribution in [3.05, 3.63) is 77.5 Å². The van der Waals surface area contributed by atoms with Crippen LogP contribution in [0.4, 0.5) is 0 Å². The highest BCUT2D eigenvalue weighted by Crippen LogP contribution is 2.45. The second kappa shape index (κ2) is 6.49. The Kier molecular flexibility index (Phi) is 3.79. The number of hydrogen-bond acceptors (Lipinski definition) is 4. The van der Waals surface area contributed by atoms with Gasteiger partial charge in [-0.05, 0) is 43.4 Å². The summed E-state index contributed by atoms with van der Waals surface area (Å²) in [5.74, 6) is 1.73. The molecule has 1 saturated heterocycles. The van der Waals surface area contributed by atoms with Crippen molar-refractivity contribution in [2.24, 2.45) is 0 Å². The number of fused-ring (bicyclic) bond motifs is 4. The summed E-state index contributed by atoms with van der Waals surface area (Å²) in [5, 5.41) is 0. The van der Waals surface area contributed by atoms with Gasteiger partial charge in [0.2, 0.25) is 0 Å². The highest BCUT2D eigenvalue weighted by Gasteiger charge is 2.41. The van der Waals surface area contributed by atoms with Gasteiger partial charge in [-0.2, -0.15) is 0 Å². The smallest absolute Gasteiger partial charge is 0.131 e. The number of benzene rings is 1. The third-order valence-electron chi connectivity index (χ3n) is 6.57. The van der Waals surface area contributed by atoms with Crippen LogP contribution in [0.25, 0.3) is 11.3 Å². The van der Waals surface area contributed by atoms with Gasteiger partial charge in [0.1, 0.15) is 5.82 Å². The summed E-state index contributed by atoms with van der Waals surface area (Å²) in [6.07, 6.45) is 10.1. The quantitative estimate of drug-likeness (QED) is 0.671. The summed E-state index contributed by atoms with van der Waals surface area (Å²) in [6.45, 7) is 1.00. The number of pyridine rings is 1. The van der Waals surface area contributed by atoms with Crippen LogP contribution in [-0.2, 0) is 13.0 Å². The maximum atomic E-state index is 4.96. The molecule has 2 aromatic heterocycles. The molecule has 4 heterocycles. The van der Waals surface area contributed by atoms with Gasteiger partial charge in [0.15, 0.2) is 0 Å². The van der Waals surface area contributed by atoms with E-state index in [4.69, 9.17) is 9.97 Å². The highest BCUT2D eigenvalue weighted by molar-refractivity contribution is 5.59. The van der Waals surface area contributed by atoms with E-state index in [-0.39, 0.29) is 0 Å². The Hall–Kier alpha value is -2.59. The molecule has 140 valence electrons. The Morgan fingerprint density at radius 1 is 0.929 bits per heavy atom. The Bertz CT molecular complexity index is 995. The van der Waals surface area contributed by atoms with Crippen molar-refractivity contribution in [2.75, 3.05) is 0 Å². The molecule has 1 aliphatic carbocycles. The van der Waals surface area contributed by atoms with Crippen molar-refractivity contribution in [1.82, 2.24) is 19.9 Å². The highest BCUT2D eigenvalue weighted by atomic mass is 15.2. The number of nitrogens with zero attached hydrogens (tertiary/aromatic N) is 4. The molecule has 4 nitrogen and oxygen atoms in total. The van der Waals surface area contributed by atoms with E-state index in [0.717, 1.165) is 24.5 Å². The zero-order valence-corrected chi connectivity index (χ0v) is 16.0. The van der Waals surface area contributed by atoms with Crippen molar-refractivity contribution >= 4 is 0 Å². The minimum absolute atomic E-state index is 0.484. The Labute approximate surface area is 165 Å². The first-order chi connectivity index (χ1) is 13.8. The Balaban J connectivity index is 1.23. The minimum Gasteiger partial charge on any atom is -0.289 e. The third-order valence-corrected chi connectivity index (χ3v) is 6.57. The van der Waals surface area contributed by atoms with Crippen LogP contribution in [0.1, 0.15) is 60.3 Å². The molecule has 2 fully saturated rings. The Morgan fingerprint density at radius 3 is 2.61 bits per heavy atom. The van der Waals surface area contributed by atoms with Crippen LogP contribution >= 0.6 is 0 Å². The zero-order chi connectivity index (χ0) is 18.5. The summed E-state index contributed by atoms with van der Waals surface area (Å²) < 4.78 is 0. The predicted molar refractivity (Wildman–Crippen MR) is 109 cm³/mol. The van der Waals surface area contributed by atoms with E-state index in [2.05, 4.69) is 46.4 Å². The number of aromatic nitrogens is 3. The molecule has 3 aliphatic rings. The van der Waals surface area contributed by atoms with Gasteiger partial charge in [-0.1, -0.05) is 30.3 Å². The van der Waals surface area contributed by atoms with Gasteiger partial charge in [-0.3, -0.25) is 9.88 Å². The molecule has 6 rings (SSSR count). The Morgan fingerprint density at radius 2 is 1.82 bits per heavy atom. The van der Waals surface area contributed by atoms with Gasteiger partial charge in [0.05, 0.1) is 11.4 Å². The minimum atomic E-state index is 0.484. The molecule has 0 amide bonds. The first-order valence-electron chi connectivity index (χ1n) is 10.5. The third kappa shape index (κ3) is 2.83. The number of hydrogen-bond donors (Lipinski definition) is 0. The average molecular weight is 368 g/mol. The summed E-state index contributed by atoms with van der Waals surface area (Å²) in [7, 11) is 0. The first kappa shape index (κ1) is 16.4. The summed E-state index contributed by atoms with van der Waals surface area (Å²) in [5.41, 5.74) is 6.28. The molecule has 2 aliphatic heterocycles. The molecule has 2 bridgehead atoms. The van der Waals surface area contributed by atoms with Crippen LogP contribution in [-0.4, -0.2) is 25.9 Å². The molecule has 0 N–H and O–H groups in total. The normalized spacial score (nSPS) is 23.6. The van der Waals surface area contributed by atoms with E-state index in [1.807, 2.05) is 18.3 Å². The molecule has 4 heteroatoms. The second-order valence-corrected chi connectivity index (χ2v) is 8.44. The van der Waals surface area contributed by atoms with Crippen molar-refractivity contribution in [3.63, 3.8) is 0 Å². The molecular weight excluding hydrogens is 344 g/mol. The monoisotopic (exact) mass is 368 g/mol. The lowest BCUT2D eigenvalue weighted by molar-refractivity contribution is 0.166. The van der Waals surface area contributed by atoms with Crippen molar-refractivity contribution < 1.29 is 0 Å². The fourth-order valence-electron chi connectivity index (χ4n) is 4.90. The van der Waals surface area contributed by atoms with Crippen molar-refractivity contribution in [3.8, 4) is 11.3 Å². The molecular formula is C24H24N4. The van der Waals surface area contributed by atoms with E-state index in [0.29, 0.717) is 18.0 Å². The second-order valence-electron chi connectivity index (χ2n) is 8.44. The molecule has 3 aromatic rings. The van der Waals surface area contributed by atoms with Crippen LogP contribution in [0, 0.1) is 0 Å². The largest absolute Gasteiger partial charge is 0.289 e. The lowest BCUT2D eigenvalue weighted by Crippen LogP contribution is -2.37. The van der Waals surface area contributed by atoms with Crippen LogP contribution in [0.3, 0.4) is 0 Å². The van der Waals surface area contributed by atoms with E-state index in [9.17, 15) is 0 Å². The predicted octanol–water partition coefficient (Wildman–Crippen LogP) is 4.68. The summed E-state index contributed by atoms with van der Waals surface area (Å²) >= 11 is 0. The SMILES string of the molecule is c1ccc(-c2ccc(CN3C4CCC3c3cnc(C5CC5)nc3C4)cc2)nc1. The molecule has 1 aromatic carbocycles. The fourth-order valence-corrected chi connectivity index (χ4v) is 4.90. The van der Waals surface area contributed by atoms with Crippen LogP contribution in [0.2, 0.25) is 0 Å². The molecule has 0 radical (unpaired) electrons. The summed E-state index contributed by atoms with van der Waals surface area (Å²) in [4.78, 5) is 16.8. The van der Waals surface area contributed by atoms with Gasteiger partial charge >= 0.3 is 0 Å². The van der Waals surface area contributed by atoms with Gasteiger partial charge in [0.25, 0.3) is 0 Å². The van der Waals surface area contributed by atoms with Crippen LogP contribution < -0.4 is 0 Å².